The van der Waals surface area contributed by atoms with Crippen LogP contribution < -0.4 is 10.1 Å². The van der Waals surface area contributed by atoms with Gasteiger partial charge in [-0.1, -0.05) is 23.2 Å². The van der Waals surface area contributed by atoms with E-state index in [0.717, 1.165) is 0 Å². The third-order valence-electron chi connectivity index (χ3n) is 2.62. The predicted octanol–water partition coefficient (Wildman–Crippen LogP) is 3.71. The molecule has 0 bridgehead atoms. The minimum atomic E-state index is -1.03. The van der Waals surface area contributed by atoms with E-state index in [1.807, 2.05) is 0 Å². The molecule has 0 atom stereocenters. The van der Waals surface area contributed by atoms with E-state index in [2.05, 4.69) is 5.32 Å². The van der Waals surface area contributed by atoms with Gasteiger partial charge in [0, 0.05) is 15.7 Å². The first-order valence-corrected chi connectivity index (χ1v) is 6.92. The lowest BCUT2D eigenvalue weighted by atomic mass is 10.2. The lowest BCUT2D eigenvalue weighted by molar-refractivity contribution is -0.118. The minimum Gasteiger partial charge on any atom is -0.484 e. The van der Waals surface area contributed by atoms with Crippen LogP contribution in [0.1, 0.15) is 10.4 Å². The van der Waals surface area contributed by atoms with Gasteiger partial charge >= 0.3 is 5.97 Å². The van der Waals surface area contributed by atoms with Gasteiger partial charge in [-0.25, -0.2) is 4.79 Å². The Kier molecular flexibility index (Phi) is 5.25. The maximum Gasteiger partial charge on any atom is 0.335 e. The molecule has 1 amide bonds. The number of carbonyl (C=O) groups is 2. The van der Waals surface area contributed by atoms with E-state index in [4.69, 9.17) is 33.0 Å². The average molecular weight is 340 g/mol. The molecule has 5 nitrogen and oxygen atoms in total. The Bertz CT molecular complexity index is 681. The molecular formula is C15H11Cl2NO4. The Morgan fingerprint density at radius 1 is 1.05 bits per heavy atom. The molecule has 7 heteroatoms. The summed E-state index contributed by atoms with van der Waals surface area (Å²) in [5.74, 6) is -1.02. The third-order valence-corrected chi connectivity index (χ3v) is 3.05. The summed E-state index contributed by atoms with van der Waals surface area (Å²) in [7, 11) is 0. The van der Waals surface area contributed by atoms with Gasteiger partial charge in [0.15, 0.2) is 6.61 Å². The summed E-state index contributed by atoms with van der Waals surface area (Å²) in [5, 5.41) is 12.2. The second-order valence-electron chi connectivity index (χ2n) is 4.32. The van der Waals surface area contributed by atoms with Gasteiger partial charge in [0.2, 0.25) is 0 Å². The van der Waals surface area contributed by atoms with E-state index < -0.39 is 5.97 Å². The molecule has 0 aliphatic carbocycles. The molecule has 0 aromatic heterocycles. The van der Waals surface area contributed by atoms with Crippen molar-refractivity contribution in [3.63, 3.8) is 0 Å². The number of anilines is 1. The van der Waals surface area contributed by atoms with Gasteiger partial charge in [0.05, 0.1) is 5.56 Å². The van der Waals surface area contributed by atoms with Gasteiger partial charge in [-0.3, -0.25) is 4.79 Å². The number of ether oxygens (including phenoxy) is 1. The molecule has 0 fully saturated rings. The molecule has 0 radical (unpaired) electrons. The van der Waals surface area contributed by atoms with Crippen molar-refractivity contribution in [3.8, 4) is 5.75 Å². The molecule has 2 aromatic carbocycles. The Balaban J connectivity index is 1.91. The minimum absolute atomic E-state index is 0.144. The fraction of sp³-hybridized carbons (Fsp3) is 0.0667. The van der Waals surface area contributed by atoms with Crippen LogP contribution in [0.5, 0.6) is 5.75 Å². The number of hydrogen-bond donors (Lipinski definition) is 2. The first-order valence-electron chi connectivity index (χ1n) is 6.16. The van der Waals surface area contributed by atoms with Crippen LogP contribution in [-0.4, -0.2) is 23.6 Å². The number of hydrogen-bond acceptors (Lipinski definition) is 3. The summed E-state index contributed by atoms with van der Waals surface area (Å²) < 4.78 is 5.26. The van der Waals surface area contributed by atoms with Crippen LogP contribution in [-0.2, 0) is 4.79 Å². The Morgan fingerprint density at radius 3 is 2.18 bits per heavy atom. The van der Waals surface area contributed by atoms with E-state index in [1.54, 1.807) is 18.2 Å². The summed E-state index contributed by atoms with van der Waals surface area (Å²) in [4.78, 5) is 22.5. The summed E-state index contributed by atoms with van der Waals surface area (Å²) in [6, 6.07) is 10.4. The molecule has 0 saturated carbocycles. The van der Waals surface area contributed by atoms with Gasteiger partial charge in [-0.05, 0) is 42.5 Å². The molecule has 2 rings (SSSR count). The van der Waals surface area contributed by atoms with Crippen molar-refractivity contribution in [1.82, 2.24) is 0 Å². The number of nitrogens with one attached hydrogen (secondary N) is 1. The van der Waals surface area contributed by atoms with Crippen LogP contribution >= 0.6 is 23.2 Å². The molecule has 114 valence electrons. The smallest absolute Gasteiger partial charge is 0.335 e. The van der Waals surface area contributed by atoms with Crippen molar-refractivity contribution in [1.29, 1.82) is 0 Å². The third kappa shape index (κ3) is 4.65. The Morgan fingerprint density at radius 2 is 1.64 bits per heavy atom. The SMILES string of the molecule is O=C(COc1ccc(C(=O)O)cc1)Nc1cc(Cl)cc(Cl)c1. The monoisotopic (exact) mass is 339 g/mol. The van der Waals surface area contributed by atoms with E-state index >= 15 is 0 Å². The second kappa shape index (κ2) is 7.15. The number of halogens is 2. The lowest BCUT2D eigenvalue weighted by Crippen LogP contribution is -2.20. The fourth-order valence-electron chi connectivity index (χ4n) is 1.67. The number of carbonyl (C=O) groups excluding carboxylic acids is 1. The van der Waals surface area contributed by atoms with Gasteiger partial charge in [-0.15, -0.1) is 0 Å². The molecule has 22 heavy (non-hydrogen) atoms. The highest BCUT2D eigenvalue weighted by atomic mass is 35.5. The molecule has 0 saturated heterocycles. The fourth-order valence-corrected chi connectivity index (χ4v) is 2.19. The van der Waals surface area contributed by atoms with Crippen LogP contribution in [0.15, 0.2) is 42.5 Å². The van der Waals surface area contributed by atoms with Crippen molar-refractivity contribution in [2.45, 2.75) is 0 Å². The zero-order chi connectivity index (χ0) is 16.1. The van der Waals surface area contributed by atoms with Crippen molar-refractivity contribution in [2.24, 2.45) is 0 Å². The zero-order valence-corrected chi connectivity index (χ0v) is 12.7. The molecule has 2 N–H and O–H groups in total. The van der Waals surface area contributed by atoms with Gasteiger partial charge in [-0.2, -0.15) is 0 Å². The molecule has 0 aliphatic heterocycles. The van der Waals surface area contributed by atoms with E-state index in [0.29, 0.717) is 21.5 Å². The quantitative estimate of drug-likeness (QED) is 0.870. The topological polar surface area (TPSA) is 75.6 Å². The van der Waals surface area contributed by atoms with Crippen LogP contribution in [0.3, 0.4) is 0 Å². The Labute approximate surface area is 136 Å². The maximum absolute atomic E-state index is 11.8. The predicted molar refractivity (Wildman–Crippen MR) is 84.0 cm³/mol. The number of carboxylic acids is 1. The van der Waals surface area contributed by atoms with Crippen LogP contribution in [0, 0.1) is 0 Å². The lowest BCUT2D eigenvalue weighted by Gasteiger charge is -2.08. The first kappa shape index (κ1) is 16.1. The summed E-state index contributed by atoms with van der Waals surface area (Å²) in [6.45, 7) is -0.226. The highest BCUT2D eigenvalue weighted by Gasteiger charge is 2.07. The number of benzene rings is 2. The molecule has 0 heterocycles. The number of carboxylic acid groups (broad SMARTS) is 1. The largest absolute Gasteiger partial charge is 0.484 e. The highest BCUT2D eigenvalue weighted by molar-refractivity contribution is 6.35. The van der Waals surface area contributed by atoms with Gasteiger partial charge in [0.1, 0.15) is 5.75 Å². The van der Waals surface area contributed by atoms with Gasteiger partial charge < -0.3 is 15.2 Å². The van der Waals surface area contributed by atoms with Crippen molar-refractivity contribution >= 4 is 40.8 Å². The van der Waals surface area contributed by atoms with Crippen LogP contribution in [0.4, 0.5) is 5.69 Å². The average Bonchev–Trinajstić information content (AvgIpc) is 2.44. The summed E-state index contributed by atoms with van der Waals surface area (Å²) in [6.07, 6.45) is 0. The van der Waals surface area contributed by atoms with E-state index in [9.17, 15) is 9.59 Å². The zero-order valence-electron chi connectivity index (χ0n) is 11.2. The molecular weight excluding hydrogens is 329 g/mol. The first-order chi connectivity index (χ1) is 10.4. The molecule has 2 aromatic rings. The number of rotatable bonds is 5. The van der Waals surface area contributed by atoms with Crippen molar-refractivity contribution in [3.05, 3.63) is 58.1 Å². The number of amides is 1. The molecule has 0 unspecified atom stereocenters. The van der Waals surface area contributed by atoms with Gasteiger partial charge in [0.25, 0.3) is 5.91 Å². The summed E-state index contributed by atoms with van der Waals surface area (Å²) in [5.41, 5.74) is 0.609. The molecule has 0 aliphatic rings. The van der Waals surface area contributed by atoms with Crippen molar-refractivity contribution < 1.29 is 19.4 Å². The van der Waals surface area contributed by atoms with E-state index in [-0.39, 0.29) is 18.1 Å². The standard InChI is InChI=1S/C15H11Cl2NO4/c16-10-5-11(17)7-12(6-10)18-14(19)8-22-13-3-1-9(2-4-13)15(20)21/h1-7H,8H2,(H,18,19)(H,20,21). The normalized spacial score (nSPS) is 10.1. The molecule has 0 spiro atoms. The second-order valence-corrected chi connectivity index (χ2v) is 5.20. The van der Waals surface area contributed by atoms with Crippen molar-refractivity contribution in [2.75, 3.05) is 11.9 Å². The van der Waals surface area contributed by atoms with E-state index in [1.165, 1.54) is 24.3 Å². The van der Waals surface area contributed by atoms with Crippen LogP contribution in [0.25, 0.3) is 0 Å². The Hall–Kier alpha value is -2.24. The number of aromatic carboxylic acids is 1. The maximum atomic E-state index is 11.8. The summed E-state index contributed by atoms with van der Waals surface area (Å²) >= 11 is 11.7. The highest BCUT2D eigenvalue weighted by Crippen LogP contribution is 2.22. The van der Waals surface area contributed by atoms with Crippen LogP contribution in [0.2, 0.25) is 10.0 Å².